The summed E-state index contributed by atoms with van der Waals surface area (Å²) in [6.45, 7) is 4.51. The normalized spacial score (nSPS) is 24.5. The monoisotopic (exact) mass is 375 g/mol. The average molecular weight is 376 g/mol. The predicted molar refractivity (Wildman–Crippen MR) is 107 cm³/mol. The summed E-state index contributed by atoms with van der Waals surface area (Å²) in [5.41, 5.74) is 8.12. The Morgan fingerprint density at radius 1 is 1.15 bits per heavy atom. The molecule has 0 saturated heterocycles. The van der Waals surface area contributed by atoms with Crippen LogP contribution in [0.3, 0.4) is 0 Å². The number of benzene rings is 1. The van der Waals surface area contributed by atoms with Crippen LogP contribution in [0.1, 0.15) is 50.7 Å². The van der Waals surface area contributed by atoms with Gasteiger partial charge in [-0.15, -0.1) is 0 Å². The number of carbonyl (C=O) groups is 1. The van der Waals surface area contributed by atoms with Crippen molar-refractivity contribution < 1.29 is 9.53 Å². The second kappa shape index (κ2) is 8.71. The Morgan fingerprint density at radius 3 is 2.81 bits per heavy atom. The number of thiocarbonyl (C=S) groups is 1. The van der Waals surface area contributed by atoms with Gasteiger partial charge in [-0.3, -0.25) is 15.6 Å². The molecule has 3 atom stereocenters. The molecule has 3 rings (SSSR count). The molecule has 1 amide bonds. The third-order valence-electron chi connectivity index (χ3n) is 5.78. The van der Waals surface area contributed by atoms with Crippen LogP contribution in [-0.2, 0) is 17.6 Å². The minimum Gasteiger partial charge on any atom is -0.484 e. The summed E-state index contributed by atoms with van der Waals surface area (Å²) < 4.78 is 5.59. The topological polar surface area (TPSA) is 62.4 Å². The highest BCUT2D eigenvalue weighted by molar-refractivity contribution is 7.80. The number of hydrogen-bond acceptors (Lipinski definition) is 3. The van der Waals surface area contributed by atoms with Gasteiger partial charge < -0.3 is 10.1 Å². The first-order valence-corrected chi connectivity index (χ1v) is 10.0. The minimum atomic E-state index is -0.250. The van der Waals surface area contributed by atoms with Gasteiger partial charge in [0.1, 0.15) is 5.75 Å². The van der Waals surface area contributed by atoms with Gasteiger partial charge in [0, 0.05) is 6.04 Å². The number of nitrogens with one attached hydrogen (secondary N) is 3. The number of amides is 1. The standard InChI is InChI=1S/C20H29N3O2S/c1-13-5-3-8-18(14(13)2)21-20(26)23-22-19(24)12-25-17-10-9-15-6-4-7-16(15)11-17/h9-11,13-14,18H,3-8,12H2,1-2H3,(H,22,24)(H2,21,23,26)/t13-,14-,18+/m1/s1. The second-order valence-corrected chi connectivity index (χ2v) is 8.00. The molecule has 0 spiro atoms. The summed E-state index contributed by atoms with van der Waals surface area (Å²) in [6.07, 6.45) is 7.04. The summed E-state index contributed by atoms with van der Waals surface area (Å²) in [5.74, 6) is 1.76. The van der Waals surface area contributed by atoms with Crippen LogP contribution in [0.2, 0.25) is 0 Å². The third-order valence-corrected chi connectivity index (χ3v) is 6.00. The van der Waals surface area contributed by atoms with Crippen molar-refractivity contribution in [2.45, 2.75) is 58.4 Å². The van der Waals surface area contributed by atoms with E-state index in [1.54, 1.807) is 0 Å². The zero-order chi connectivity index (χ0) is 18.5. The van der Waals surface area contributed by atoms with Crippen molar-refractivity contribution in [2.24, 2.45) is 11.8 Å². The molecule has 6 heteroatoms. The Bertz CT molecular complexity index is 664. The first-order valence-electron chi connectivity index (χ1n) is 9.63. The second-order valence-electron chi connectivity index (χ2n) is 7.59. The van der Waals surface area contributed by atoms with Crippen LogP contribution in [0.4, 0.5) is 0 Å². The summed E-state index contributed by atoms with van der Waals surface area (Å²) in [5, 5.41) is 3.78. The fraction of sp³-hybridized carbons (Fsp3) is 0.600. The van der Waals surface area contributed by atoms with E-state index in [-0.39, 0.29) is 12.5 Å². The van der Waals surface area contributed by atoms with Gasteiger partial charge in [0.25, 0.3) is 5.91 Å². The Kier molecular flexibility index (Phi) is 6.35. The van der Waals surface area contributed by atoms with Crippen LogP contribution in [0.25, 0.3) is 0 Å². The molecule has 1 fully saturated rings. The van der Waals surface area contributed by atoms with Gasteiger partial charge >= 0.3 is 0 Å². The molecule has 0 radical (unpaired) electrons. The Balaban J connectivity index is 1.37. The van der Waals surface area contributed by atoms with Crippen molar-refractivity contribution >= 4 is 23.2 Å². The third kappa shape index (κ3) is 4.87. The molecule has 0 aromatic heterocycles. The van der Waals surface area contributed by atoms with Crippen LogP contribution < -0.4 is 20.9 Å². The first kappa shape index (κ1) is 19.0. The van der Waals surface area contributed by atoms with Crippen LogP contribution in [-0.4, -0.2) is 23.7 Å². The number of carbonyl (C=O) groups excluding carboxylic acids is 1. The van der Waals surface area contributed by atoms with Crippen molar-refractivity contribution in [3.05, 3.63) is 29.3 Å². The Hall–Kier alpha value is -1.82. The summed E-state index contributed by atoms with van der Waals surface area (Å²) >= 11 is 5.30. The molecule has 0 aliphatic heterocycles. The minimum absolute atomic E-state index is 0.0364. The quantitative estimate of drug-likeness (QED) is 0.558. The average Bonchev–Trinajstić information content (AvgIpc) is 3.10. The molecule has 3 N–H and O–H groups in total. The fourth-order valence-corrected chi connectivity index (χ4v) is 4.14. The predicted octanol–water partition coefficient (Wildman–Crippen LogP) is 2.87. The van der Waals surface area contributed by atoms with Gasteiger partial charge in [-0.25, -0.2) is 0 Å². The Morgan fingerprint density at radius 2 is 1.96 bits per heavy atom. The van der Waals surface area contributed by atoms with Gasteiger partial charge in [-0.05, 0) is 73.0 Å². The molecular weight excluding hydrogens is 346 g/mol. The molecule has 1 saturated carbocycles. The highest BCUT2D eigenvalue weighted by Crippen LogP contribution is 2.29. The molecule has 142 valence electrons. The number of hydrazine groups is 1. The molecule has 1 aromatic carbocycles. The van der Waals surface area contributed by atoms with Gasteiger partial charge in [0.2, 0.25) is 0 Å². The van der Waals surface area contributed by atoms with Gasteiger partial charge in [-0.1, -0.05) is 32.8 Å². The van der Waals surface area contributed by atoms with Crippen molar-refractivity contribution in [1.82, 2.24) is 16.2 Å². The Labute approximate surface area is 161 Å². The lowest BCUT2D eigenvalue weighted by molar-refractivity contribution is -0.123. The van der Waals surface area contributed by atoms with Crippen molar-refractivity contribution in [3.8, 4) is 5.75 Å². The highest BCUT2D eigenvalue weighted by Gasteiger charge is 2.27. The van der Waals surface area contributed by atoms with Crippen LogP contribution >= 0.6 is 12.2 Å². The largest absolute Gasteiger partial charge is 0.484 e. The lowest BCUT2D eigenvalue weighted by atomic mass is 9.78. The molecule has 5 nitrogen and oxygen atoms in total. The highest BCUT2D eigenvalue weighted by atomic mass is 32.1. The molecule has 1 aromatic rings. The molecule has 0 bridgehead atoms. The van der Waals surface area contributed by atoms with Crippen molar-refractivity contribution in [2.75, 3.05) is 6.61 Å². The molecule has 0 unspecified atom stereocenters. The van der Waals surface area contributed by atoms with Crippen LogP contribution in [0, 0.1) is 11.8 Å². The maximum Gasteiger partial charge on any atom is 0.276 e. The van der Waals surface area contributed by atoms with E-state index >= 15 is 0 Å². The number of rotatable bonds is 4. The fourth-order valence-electron chi connectivity index (χ4n) is 3.94. The summed E-state index contributed by atoms with van der Waals surface area (Å²) in [4.78, 5) is 12.0. The lowest BCUT2D eigenvalue weighted by Crippen LogP contribution is -2.53. The van der Waals surface area contributed by atoms with E-state index in [0.29, 0.717) is 23.0 Å². The van der Waals surface area contributed by atoms with Crippen LogP contribution in [0.15, 0.2) is 18.2 Å². The van der Waals surface area contributed by atoms with Crippen molar-refractivity contribution in [3.63, 3.8) is 0 Å². The van der Waals surface area contributed by atoms with E-state index in [4.69, 9.17) is 17.0 Å². The zero-order valence-electron chi connectivity index (χ0n) is 15.6. The van der Waals surface area contributed by atoms with Gasteiger partial charge in [0.05, 0.1) is 0 Å². The lowest BCUT2D eigenvalue weighted by Gasteiger charge is -2.35. The maximum absolute atomic E-state index is 12.0. The number of fused-ring (bicyclic) bond motifs is 1. The van der Waals surface area contributed by atoms with Crippen molar-refractivity contribution in [1.29, 1.82) is 0 Å². The van der Waals surface area contributed by atoms with E-state index in [1.807, 2.05) is 12.1 Å². The van der Waals surface area contributed by atoms with Crippen LogP contribution in [0.5, 0.6) is 5.75 Å². The van der Waals surface area contributed by atoms with E-state index in [9.17, 15) is 4.79 Å². The maximum atomic E-state index is 12.0. The van der Waals surface area contributed by atoms with Gasteiger partial charge in [-0.2, -0.15) is 0 Å². The molecule has 2 aliphatic carbocycles. The SMILES string of the molecule is C[C@@H]1[C@H](C)CCC[C@@H]1NC(=S)NNC(=O)COc1ccc2c(c1)CCC2. The van der Waals surface area contributed by atoms with Gasteiger partial charge in [0.15, 0.2) is 11.7 Å². The first-order chi connectivity index (χ1) is 12.5. The molecule has 26 heavy (non-hydrogen) atoms. The van der Waals surface area contributed by atoms with E-state index in [2.05, 4.69) is 36.1 Å². The summed E-state index contributed by atoms with van der Waals surface area (Å²) in [6, 6.07) is 6.43. The molecule has 2 aliphatic rings. The smallest absolute Gasteiger partial charge is 0.276 e. The summed E-state index contributed by atoms with van der Waals surface area (Å²) in [7, 11) is 0. The van der Waals surface area contributed by atoms with E-state index < -0.39 is 0 Å². The zero-order valence-corrected chi connectivity index (χ0v) is 16.5. The number of ether oxygens (including phenoxy) is 1. The number of hydrogen-bond donors (Lipinski definition) is 3. The molecule has 0 heterocycles. The number of aryl methyl sites for hydroxylation is 2. The van der Waals surface area contributed by atoms with E-state index in [1.165, 1.54) is 30.4 Å². The van der Waals surface area contributed by atoms with E-state index in [0.717, 1.165) is 25.0 Å². The molecular formula is C20H29N3O2S.